The lowest BCUT2D eigenvalue weighted by molar-refractivity contribution is 0.210. The van der Waals surface area contributed by atoms with Gasteiger partial charge in [-0.15, -0.1) is 6.42 Å². The molecule has 1 atom stereocenters. The Morgan fingerprint density at radius 2 is 2.10 bits per heavy atom. The second-order valence-electron chi connectivity index (χ2n) is 5.38. The van der Waals surface area contributed by atoms with Gasteiger partial charge in [0, 0.05) is 30.7 Å². The number of para-hydroxylation sites is 1. The van der Waals surface area contributed by atoms with Crippen LogP contribution in [0.4, 0.5) is 0 Å². The number of benzene rings is 1. The fourth-order valence-electron chi connectivity index (χ4n) is 2.85. The van der Waals surface area contributed by atoms with Gasteiger partial charge in [-0.3, -0.25) is 4.90 Å². The number of likely N-dealkylation sites (tertiary alicyclic amines) is 1. The van der Waals surface area contributed by atoms with Crippen molar-refractivity contribution in [2.45, 2.75) is 31.8 Å². The smallest absolute Gasteiger partial charge is 0.123 e. The van der Waals surface area contributed by atoms with Crippen molar-refractivity contribution in [2.24, 2.45) is 0 Å². The van der Waals surface area contributed by atoms with E-state index in [1.807, 2.05) is 12.1 Å². The summed E-state index contributed by atoms with van der Waals surface area (Å²) in [6.45, 7) is 5.14. The normalized spacial score (nSPS) is 18.4. The second kappa shape index (κ2) is 7.33. The summed E-state index contributed by atoms with van der Waals surface area (Å²) in [5.41, 5.74) is 1.22. The fourth-order valence-corrected chi connectivity index (χ4v) is 2.85. The topological polar surface area (TPSA) is 24.5 Å². The van der Waals surface area contributed by atoms with E-state index in [1.165, 1.54) is 5.56 Å². The second-order valence-corrected chi connectivity index (χ2v) is 5.38. The third-order valence-corrected chi connectivity index (χ3v) is 3.99. The first-order chi connectivity index (χ1) is 9.74. The van der Waals surface area contributed by atoms with E-state index in [9.17, 15) is 0 Å². The van der Waals surface area contributed by atoms with Crippen molar-refractivity contribution in [2.75, 3.05) is 26.7 Å². The minimum atomic E-state index is 0.301. The third-order valence-electron chi connectivity index (χ3n) is 3.99. The van der Waals surface area contributed by atoms with Crippen LogP contribution in [0.3, 0.4) is 0 Å². The van der Waals surface area contributed by atoms with Gasteiger partial charge in [-0.2, -0.15) is 0 Å². The van der Waals surface area contributed by atoms with Crippen LogP contribution in [-0.2, 0) is 0 Å². The van der Waals surface area contributed by atoms with Crippen LogP contribution in [0.5, 0.6) is 5.75 Å². The van der Waals surface area contributed by atoms with Gasteiger partial charge >= 0.3 is 0 Å². The zero-order valence-electron chi connectivity index (χ0n) is 12.4. The summed E-state index contributed by atoms with van der Waals surface area (Å²) in [5, 5.41) is 3.71. The van der Waals surface area contributed by atoms with E-state index in [0.717, 1.165) is 38.2 Å². The van der Waals surface area contributed by atoms with E-state index in [0.29, 0.717) is 12.1 Å². The molecule has 0 unspecified atom stereocenters. The van der Waals surface area contributed by atoms with Crippen LogP contribution in [0, 0.1) is 12.3 Å². The van der Waals surface area contributed by atoms with Gasteiger partial charge in [0.25, 0.3) is 0 Å². The average Bonchev–Trinajstić information content (AvgIpc) is 2.49. The molecule has 2 rings (SSSR count). The molecule has 1 heterocycles. The average molecular weight is 272 g/mol. The molecule has 1 N–H and O–H groups in total. The SMILES string of the molecule is C#CCN1CCC(N[C@H](C)c2ccccc2OC)CC1. The number of rotatable bonds is 5. The Bertz CT molecular complexity index is 458. The maximum absolute atomic E-state index is 5.43. The summed E-state index contributed by atoms with van der Waals surface area (Å²) in [5.74, 6) is 3.68. The first-order valence-corrected chi connectivity index (χ1v) is 7.29. The summed E-state index contributed by atoms with van der Waals surface area (Å²) in [6, 6.07) is 9.07. The standard InChI is InChI=1S/C17H24N2O/c1-4-11-19-12-9-15(10-13-19)18-14(2)16-7-5-6-8-17(16)20-3/h1,5-8,14-15,18H,9-13H2,2-3H3/t14-/m1/s1. The molecule has 0 radical (unpaired) electrons. The fraction of sp³-hybridized carbons (Fsp3) is 0.529. The lowest BCUT2D eigenvalue weighted by Crippen LogP contribution is -2.43. The molecule has 0 aliphatic carbocycles. The van der Waals surface area contributed by atoms with E-state index < -0.39 is 0 Å². The van der Waals surface area contributed by atoms with Gasteiger partial charge < -0.3 is 10.1 Å². The summed E-state index contributed by atoms with van der Waals surface area (Å²) >= 11 is 0. The Morgan fingerprint density at radius 3 is 2.75 bits per heavy atom. The van der Waals surface area contributed by atoms with Crippen LogP contribution >= 0.6 is 0 Å². The quantitative estimate of drug-likeness (QED) is 0.833. The Hall–Kier alpha value is -1.50. The molecule has 0 aromatic heterocycles. The first-order valence-electron chi connectivity index (χ1n) is 7.29. The number of nitrogens with zero attached hydrogens (tertiary/aromatic N) is 1. The molecule has 3 heteroatoms. The van der Waals surface area contributed by atoms with Crippen molar-refractivity contribution in [1.29, 1.82) is 0 Å². The van der Waals surface area contributed by atoms with Crippen LogP contribution in [0.1, 0.15) is 31.4 Å². The van der Waals surface area contributed by atoms with Crippen molar-refractivity contribution in [3.8, 4) is 18.1 Å². The third kappa shape index (κ3) is 3.75. The molecular formula is C17H24N2O. The number of nitrogens with one attached hydrogen (secondary N) is 1. The number of terminal acetylenes is 1. The van der Waals surface area contributed by atoms with Crippen LogP contribution in [0.2, 0.25) is 0 Å². The Morgan fingerprint density at radius 1 is 1.40 bits per heavy atom. The van der Waals surface area contributed by atoms with Crippen LogP contribution in [-0.4, -0.2) is 37.7 Å². The molecule has 1 saturated heterocycles. The van der Waals surface area contributed by atoms with Crippen LogP contribution in [0.25, 0.3) is 0 Å². The van der Waals surface area contributed by atoms with Gasteiger partial charge in [0.15, 0.2) is 0 Å². The van der Waals surface area contributed by atoms with E-state index in [4.69, 9.17) is 11.2 Å². The molecule has 0 saturated carbocycles. The molecule has 3 nitrogen and oxygen atoms in total. The molecule has 1 fully saturated rings. The minimum Gasteiger partial charge on any atom is -0.496 e. The van der Waals surface area contributed by atoms with Gasteiger partial charge in [-0.1, -0.05) is 24.1 Å². The Balaban J connectivity index is 1.89. The number of ether oxygens (including phenoxy) is 1. The monoisotopic (exact) mass is 272 g/mol. The lowest BCUT2D eigenvalue weighted by Gasteiger charge is -2.33. The number of hydrogen-bond acceptors (Lipinski definition) is 3. The molecule has 1 aromatic carbocycles. The molecule has 108 valence electrons. The molecule has 1 aliphatic rings. The zero-order valence-corrected chi connectivity index (χ0v) is 12.4. The predicted molar refractivity (Wildman–Crippen MR) is 82.8 cm³/mol. The molecule has 1 aliphatic heterocycles. The highest BCUT2D eigenvalue weighted by molar-refractivity contribution is 5.35. The highest BCUT2D eigenvalue weighted by Crippen LogP contribution is 2.25. The predicted octanol–water partition coefficient (Wildman–Crippen LogP) is 2.44. The molecule has 0 spiro atoms. The van der Waals surface area contributed by atoms with E-state index in [1.54, 1.807) is 7.11 Å². The van der Waals surface area contributed by atoms with Gasteiger partial charge in [-0.25, -0.2) is 0 Å². The maximum Gasteiger partial charge on any atom is 0.123 e. The van der Waals surface area contributed by atoms with Crippen molar-refractivity contribution >= 4 is 0 Å². The molecule has 0 bridgehead atoms. The van der Waals surface area contributed by atoms with Crippen molar-refractivity contribution in [3.63, 3.8) is 0 Å². The summed E-state index contributed by atoms with van der Waals surface area (Å²) in [7, 11) is 1.73. The summed E-state index contributed by atoms with van der Waals surface area (Å²) in [4.78, 5) is 2.34. The largest absolute Gasteiger partial charge is 0.496 e. The summed E-state index contributed by atoms with van der Waals surface area (Å²) < 4.78 is 5.43. The minimum absolute atomic E-state index is 0.301. The highest BCUT2D eigenvalue weighted by atomic mass is 16.5. The van der Waals surface area contributed by atoms with Crippen molar-refractivity contribution in [1.82, 2.24) is 10.2 Å². The van der Waals surface area contributed by atoms with Crippen LogP contribution in [0.15, 0.2) is 24.3 Å². The summed E-state index contributed by atoms with van der Waals surface area (Å²) in [6.07, 6.45) is 7.67. The lowest BCUT2D eigenvalue weighted by atomic mass is 10.0. The highest BCUT2D eigenvalue weighted by Gasteiger charge is 2.21. The van der Waals surface area contributed by atoms with E-state index >= 15 is 0 Å². The number of methoxy groups -OCH3 is 1. The maximum atomic E-state index is 5.43. The number of piperidine rings is 1. The molecule has 20 heavy (non-hydrogen) atoms. The Kier molecular flexibility index (Phi) is 5.46. The van der Waals surface area contributed by atoms with Gasteiger partial charge in [0.2, 0.25) is 0 Å². The molecule has 0 amide bonds. The van der Waals surface area contributed by atoms with Crippen molar-refractivity contribution < 1.29 is 4.74 Å². The zero-order chi connectivity index (χ0) is 14.4. The van der Waals surface area contributed by atoms with E-state index in [2.05, 4.69) is 35.2 Å². The van der Waals surface area contributed by atoms with Gasteiger partial charge in [0.1, 0.15) is 5.75 Å². The van der Waals surface area contributed by atoms with Crippen LogP contribution < -0.4 is 10.1 Å². The Labute approximate surface area is 122 Å². The molecule has 1 aromatic rings. The first kappa shape index (κ1) is 14.9. The van der Waals surface area contributed by atoms with Crippen molar-refractivity contribution in [3.05, 3.63) is 29.8 Å². The number of hydrogen-bond donors (Lipinski definition) is 1. The van der Waals surface area contributed by atoms with E-state index in [-0.39, 0.29) is 0 Å². The molecular weight excluding hydrogens is 248 g/mol. The van der Waals surface area contributed by atoms with Gasteiger partial charge in [0.05, 0.1) is 13.7 Å². The van der Waals surface area contributed by atoms with Gasteiger partial charge in [-0.05, 0) is 25.8 Å².